The average molecular weight is 387 g/mol. The standard InChI is InChI=1S/C23H25N5O/c29-23(20-14-17-6-3-4-7-18(17)15-24-20)25-19-11-9-16(10-12-19)22-27-26-21-8-2-1-5-13-28(21)22/h3-4,6-7,9-12,20,24H,1-2,5,8,13-15H2,(H,25,29). The molecule has 1 aromatic heterocycles. The maximum absolute atomic E-state index is 12.7. The lowest BCUT2D eigenvalue weighted by atomic mass is 9.95. The van der Waals surface area contributed by atoms with E-state index in [2.05, 4.69) is 37.5 Å². The van der Waals surface area contributed by atoms with Gasteiger partial charge in [0.25, 0.3) is 0 Å². The minimum Gasteiger partial charge on any atom is -0.325 e. The average Bonchev–Trinajstić information content (AvgIpc) is 3.02. The molecule has 29 heavy (non-hydrogen) atoms. The Morgan fingerprint density at radius 3 is 2.69 bits per heavy atom. The van der Waals surface area contributed by atoms with Crippen molar-refractivity contribution >= 4 is 11.6 Å². The molecule has 2 aliphatic heterocycles. The molecule has 6 heteroatoms. The van der Waals surface area contributed by atoms with Gasteiger partial charge in [-0.1, -0.05) is 30.7 Å². The van der Waals surface area contributed by atoms with Crippen LogP contribution in [0.3, 0.4) is 0 Å². The van der Waals surface area contributed by atoms with Gasteiger partial charge in [-0.05, 0) is 54.7 Å². The van der Waals surface area contributed by atoms with E-state index in [1.807, 2.05) is 36.4 Å². The van der Waals surface area contributed by atoms with Crippen LogP contribution in [0.5, 0.6) is 0 Å². The van der Waals surface area contributed by atoms with Crippen molar-refractivity contribution in [1.29, 1.82) is 0 Å². The van der Waals surface area contributed by atoms with Crippen molar-refractivity contribution in [1.82, 2.24) is 20.1 Å². The molecule has 0 saturated heterocycles. The number of carbonyl (C=O) groups is 1. The molecule has 3 aromatic rings. The van der Waals surface area contributed by atoms with Gasteiger partial charge in [-0.2, -0.15) is 0 Å². The van der Waals surface area contributed by atoms with Crippen LogP contribution < -0.4 is 10.6 Å². The molecule has 1 unspecified atom stereocenters. The largest absolute Gasteiger partial charge is 0.325 e. The fourth-order valence-electron chi connectivity index (χ4n) is 4.27. The number of amides is 1. The number of hydrogen-bond acceptors (Lipinski definition) is 4. The number of benzene rings is 2. The van der Waals surface area contributed by atoms with Gasteiger partial charge in [-0.25, -0.2) is 0 Å². The van der Waals surface area contributed by atoms with Gasteiger partial charge in [-0.15, -0.1) is 10.2 Å². The molecule has 2 N–H and O–H groups in total. The number of aryl methyl sites for hydroxylation is 1. The third kappa shape index (κ3) is 3.68. The van der Waals surface area contributed by atoms with Crippen molar-refractivity contribution in [3.63, 3.8) is 0 Å². The van der Waals surface area contributed by atoms with Crippen molar-refractivity contribution in [2.75, 3.05) is 5.32 Å². The van der Waals surface area contributed by atoms with Crippen LogP contribution in [-0.4, -0.2) is 26.7 Å². The van der Waals surface area contributed by atoms with Gasteiger partial charge in [0, 0.05) is 30.8 Å². The number of hydrogen-bond donors (Lipinski definition) is 2. The Morgan fingerprint density at radius 1 is 1.00 bits per heavy atom. The molecule has 2 aliphatic rings. The molecule has 148 valence electrons. The van der Waals surface area contributed by atoms with Gasteiger partial charge < -0.3 is 15.2 Å². The van der Waals surface area contributed by atoms with Crippen LogP contribution in [0.15, 0.2) is 48.5 Å². The Balaban J connectivity index is 1.28. The molecule has 0 radical (unpaired) electrons. The van der Waals surface area contributed by atoms with Crippen molar-refractivity contribution in [2.24, 2.45) is 0 Å². The van der Waals surface area contributed by atoms with Crippen LogP contribution in [0.4, 0.5) is 5.69 Å². The zero-order chi connectivity index (χ0) is 19.6. The van der Waals surface area contributed by atoms with Crippen LogP contribution in [-0.2, 0) is 30.7 Å². The molecule has 6 nitrogen and oxygen atoms in total. The van der Waals surface area contributed by atoms with Gasteiger partial charge in [0.05, 0.1) is 6.04 Å². The van der Waals surface area contributed by atoms with E-state index < -0.39 is 0 Å². The zero-order valence-corrected chi connectivity index (χ0v) is 16.4. The topological polar surface area (TPSA) is 71.8 Å². The van der Waals surface area contributed by atoms with Crippen LogP contribution in [0.1, 0.15) is 36.2 Å². The van der Waals surface area contributed by atoms with Crippen LogP contribution >= 0.6 is 0 Å². The Kier molecular flexibility index (Phi) is 4.86. The van der Waals surface area contributed by atoms with Gasteiger partial charge in [-0.3, -0.25) is 4.79 Å². The van der Waals surface area contributed by atoms with Gasteiger partial charge in [0.1, 0.15) is 5.82 Å². The van der Waals surface area contributed by atoms with E-state index in [-0.39, 0.29) is 11.9 Å². The number of fused-ring (bicyclic) bond motifs is 2. The molecule has 0 spiro atoms. The summed E-state index contributed by atoms with van der Waals surface area (Å²) in [6.07, 6.45) is 5.31. The molecule has 1 atom stereocenters. The summed E-state index contributed by atoms with van der Waals surface area (Å²) in [4.78, 5) is 12.7. The van der Waals surface area contributed by atoms with Gasteiger partial charge >= 0.3 is 0 Å². The summed E-state index contributed by atoms with van der Waals surface area (Å²) in [5.74, 6) is 2.01. The number of aromatic nitrogens is 3. The Morgan fingerprint density at radius 2 is 1.83 bits per heavy atom. The summed E-state index contributed by atoms with van der Waals surface area (Å²) in [6, 6.07) is 16.0. The molecule has 0 saturated carbocycles. The molecule has 1 amide bonds. The maximum atomic E-state index is 12.7. The van der Waals surface area contributed by atoms with E-state index in [0.717, 1.165) is 42.4 Å². The molecule has 2 aromatic carbocycles. The first kappa shape index (κ1) is 18.1. The zero-order valence-electron chi connectivity index (χ0n) is 16.4. The van der Waals surface area contributed by atoms with Crippen molar-refractivity contribution in [2.45, 2.75) is 51.2 Å². The summed E-state index contributed by atoms with van der Waals surface area (Å²) in [5, 5.41) is 15.2. The normalized spacial score (nSPS) is 18.4. The van der Waals surface area contributed by atoms with E-state index in [1.54, 1.807) is 0 Å². The second-order valence-electron chi connectivity index (χ2n) is 7.88. The first-order valence-corrected chi connectivity index (χ1v) is 10.4. The monoisotopic (exact) mass is 387 g/mol. The molecule has 0 fully saturated rings. The van der Waals surface area contributed by atoms with E-state index >= 15 is 0 Å². The molecule has 3 heterocycles. The fraction of sp³-hybridized carbons (Fsp3) is 0.348. The number of carbonyl (C=O) groups excluding carboxylic acids is 1. The molecule has 5 rings (SSSR count). The lowest BCUT2D eigenvalue weighted by Gasteiger charge is -2.25. The number of nitrogens with zero attached hydrogens (tertiary/aromatic N) is 3. The summed E-state index contributed by atoms with van der Waals surface area (Å²) in [5.41, 5.74) is 4.35. The SMILES string of the molecule is O=C(Nc1ccc(-c2nnc3n2CCCCC3)cc1)C1Cc2ccccc2CN1. The Hall–Kier alpha value is -2.99. The Bertz CT molecular complexity index is 1020. The Labute approximate surface area is 170 Å². The van der Waals surface area contributed by atoms with E-state index in [0.29, 0.717) is 6.42 Å². The number of nitrogens with one attached hydrogen (secondary N) is 2. The van der Waals surface area contributed by atoms with Crippen molar-refractivity contribution in [3.8, 4) is 11.4 Å². The minimum absolute atomic E-state index is 0.00333. The highest BCUT2D eigenvalue weighted by molar-refractivity contribution is 5.95. The highest BCUT2D eigenvalue weighted by Gasteiger charge is 2.24. The fourth-order valence-corrected chi connectivity index (χ4v) is 4.27. The summed E-state index contributed by atoms with van der Waals surface area (Å²) >= 11 is 0. The van der Waals surface area contributed by atoms with E-state index in [1.165, 1.54) is 30.4 Å². The summed E-state index contributed by atoms with van der Waals surface area (Å²) in [7, 11) is 0. The molecular formula is C23H25N5O. The molecule has 0 aliphatic carbocycles. The molecular weight excluding hydrogens is 362 g/mol. The minimum atomic E-state index is -0.211. The lowest BCUT2D eigenvalue weighted by molar-refractivity contribution is -0.118. The van der Waals surface area contributed by atoms with Gasteiger partial charge in [0.15, 0.2) is 5.82 Å². The second kappa shape index (κ2) is 7.79. The lowest BCUT2D eigenvalue weighted by Crippen LogP contribution is -2.44. The van der Waals surface area contributed by atoms with Crippen LogP contribution in [0.2, 0.25) is 0 Å². The predicted octanol–water partition coefficient (Wildman–Crippen LogP) is 3.32. The summed E-state index contributed by atoms with van der Waals surface area (Å²) in [6.45, 7) is 1.70. The van der Waals surface area contributed by atoms with Gasteiger partial charge in [0.2, 0.25) is 5.91 Å². The third-order valence-corrected chi connectivity index (χ3v) is 5.92. The second-order valence-corrected chi connectivity index (χ2v) is 7.88. The predicted molar refractivity (Wildman–Crippen MR) is 112 cm³/mol. The summed E-state index contributed by atoms with van der Waals surface area (Å²) < 4.78 is 2.24. The van der Waals surface area contributed by atoms with Crippen LogP contribution in [0, 0.1) is 0 Å². The highest BCUT2D eigenvalue weighted by Crippen LogP contribution is 2.24. The highest BCUT2D eigenvalue weighted by atomic mass is 16.2. The number of anilines is 1. The third-order valence-electron chi connectivity index (χ3n) is 5.92. The quantitative estimate of drug-likeness (QED) is 0.723. The van der Waals surface area contributed by atoms with E-state index in [4.69, 9.17) is 0 Å². The molecule has 0 bridgehead atoms. The van der Waals surface area contributed by atoms with Crippen molar-refractivity contribution in [3.05, 3.63) is 65.5 Å². The van der Waals surface area contributed by atoms with Crippen molar-refractivity contribution < 1.29 is 4.79 Å². The number of rotatable bonds is 3. The van der Waals surface area contributed by atoms with E-state index in [9.17, 15) is 4.79 Å². The first-order valence-electron chi connectivity index (χ1n) is 10.4. The smallest absolute Gasteiger partial charge is 0.241 e. The first-order chi connectivity index (χ1) is 14.3. The maximum Gasteiger partial charge on any atom is 0.241 e. The van der Waals surface area contributed by atoms with Crippen LogP contribution in [0.25, 0.3) is 11.4 Å².